The van der Waals surface area contributed by atoms with Gasteiger partial charge in [0.05, 0.1) is 12.1 Å². The average molecular weight is 374 g/mol. The van der Waals surface area contributed by atoms with Gasteiger partial charge in [0.2, 0.25) is 5.91 Å². The lowest BCUT2D eigenvalue weighted by atomic mass is 10.1. The van der Waals surface area contributed by atoms with Crippen LogP contribution < -0.4 is 10.6 Å². The number of benzene rings is 1. The Hall–Kier alpha value is -1.27. The van der Waals surface area contributed by atoms with E-state index in [9.17, 15) is 9.90 Å². The molecule has 0 aliphatic carbocycles. The summed E-state index contributed by atoms with van der Waals surface area (Å²) in [6, 6.07) is 7.74. The fraction of sp³-hybridized carbons (Fsp3) is 0.471. The Morgan fingerprint density at radius 2 is 2.12 bits per heavy atom. The second-order valence-corrected chi connectivity index (χ2v) is 6.48. The van der Waals surface area contributed by atoms with E-state index in [-0.39, 0.29) is 36.8 Å². The molecule has 2 heterocycles. The van der Waals surface area contributed by atoms with Crippen LogP contribution in [0.25, 0.3) is 10.9 Å². The van der Waals surface area contributed by atoms with E-state index in [0.29, 0.717) is 18.9 Å². The number of β-amino-alcohol motifs (C(OH)–C–C–N with tert-alkyl or cyclic N) is 1. The van der Waals surface area contributed by atoms with Gasteiger partial charge < -0.3 is 20.3 Å². The molecule has 1 saturated heterocycles. The summed E-state index contributed by atoms with van der Waals surface area (Å²) >= 11 is 0. The van der Waals surface area contributed by atoms with Gasteiger partial charge >= 0.3 is 0 Å². The van der Waals surface area contributed by atoms with Gasteiger partial charge in [0.25, 0.3) is 0 Å². The highest BCUT2D eigenvalue weighted by Gasteiger charge is 2.27. The van der Waals surface area contributed by atoms with E-state index in [1.165, 1.54) is 5.52 Å². The quantitative estimate of drug-likeness (QED) is 0.771. The predicted molar refractivity (Wildman–Crippen MR) is 102 cm³/mol. The SMILES string of the molecule is CC(C)Cn1ccc2cc(NC(=O)C3CC(O)CN3)ccc21.Cl.Cl. The maximum absolute atomic E-state index is 12.2. The van der Waals surface area contributed by atoms with Gasteiger partial charge in [-0.25, -0.2) is 0 Å². The monoisotopic (exact) mass is 373 g/mol. The van der Waals surface area contributed by atoms with Crippen LogP contribution >= 0.6 is 24.8 Å². The summed E-state index contributed by atoms with van der Waals surface area (Å²) in [5.41, 5.74) is 1.98. The molecule has 2 aromatic rings. The summed E-state index contributed by atoms with van der Waals surface area (Å²) < 4.78 is 2.24. The lowest BCUT2D eigenvalue weighted by Crippen LogP contribution is -2.35. The van der Waals surface area contributed by atoms with Gasteiger partial charge in [0.15, 0.2) is 0 Å². The van der Waals surface area contributed by atoms with Crippen LogP contribution in [0.3, 0.4) is 0 Å². The predicted octanol–water partition coefficient (Wildman–Crippen LogP) is 2.80. The molecule has 2 atom stereocenters. The van der Waals surface area contributed by atoms with Gasteiger partial charge in [-0.1, -0.05) is 13.8 Å². The summed E-state index contributed by atoms with van der Waals surface area (Å²) in [6.45, 7) is 5.86. The van der Waals surface area contributed by atoms with Crippen LogP contribution in [0.15, 0.2) is 30.5 Å². The van der Waals surface area contributed by atoms with Crippen LogP contribution in [0.1, 0.15) is 20.3 Å². The largest absolute Gasteiger partial charge is 0.392 e. The number of aliphatic hydroxyl groups excluding tert-OH is 1. The van der Waals surface area contributed by atoms with Gasteiger partial charge in [-0.3, -0.25) is 4.79 Å². The minimum atomic E-state index is -0.428. The molecule has 1 aliphatic rings. The van der Waals surface area contributed by atoms with Crippen molar-refractivity contribution in [2.75, 3.05) is 11.9 Å². The van der Waals surface area contributed by atoms with E-state index in [0.717, 1.165) is 17.6 Å². The minimum Gasteiger partial charge on any atom is -0.392 e. The van der Waals surface area contributed by atoms with E-state index in [1.54, 1.807) is 0 Å². The Kier molecular flexibility index (Phi) is 7.55. The molecular weight excluding hydrogens is 349 g/mol. The summed E-state index contributed by atoms with van der Waals surface area (Å²) in [5, 5.41) is 16.6. The first-order valence-electron chi connectivity index (χ1n) is 7.84. The minimum absolute atomic E-state index is 0. The van der Waals surface area contributed by atoms with Crippen molar-refractivity contribution in [3.05, 3.63) is 30.5 Å². The zero-order valence-corrected chi connectivity index (χ0v) is 15.5. The molecule has 1 aliphatic heterocycles. The summed E-state index contributed by atoms with van der Waals surface area (Å²) in [6.07, 6.45) is 2.13. The number of fused-ring (bicyclic) bond motifs is 1. The molecule has 1 aromatic heterocycles. The molecule has 5 nitrogen and oxygen atoms in total. The first-order chi connectivity index (χ1) is 10.5. The van der Waals surface area contributed by atoms with E-state index in [4.69, 9.17) is 0 Å². The molecule has 134 valence electrons. The normalized spacial score (nSPS) is 19.8. The van der Waals surface area contributed by atoms with Crippen LogP contribution in [-0.4, -0.2) is 34.3 Å². The average Bonchev–Trinajstić information content (AvgIpc) is 3.05. The highest BCUT2D eigenvalue weighted by molar-refractivity contribution is 5.97. The standard InChI is InChI=1S/C17H23N3O2.2ClH/c1-11(2)10-20-6-5-12-7-13(3-4-16(12)20)19-17(22)15-8-14(21)9-18-15;;/h3-7,11,14-15,18,21H,8-10H2,1-2H3,(H,19,22);2*1H. The fourth-order valence-electron chi connectivity index (χ4n) is 2.98. The van der Waals surface area contributed by atoms with Crippen molar-refractivity contribution < 1.29 is 9.90 Å². The topological polar surface area (TPSA) is 66.3 Å². The van der Waals surface area contributed by atoms with E-state index in [2.05, 4.69) is 41.3 Å². The molecule has 1 fully saturated rings. The number of halogens is 2. The van der Waals surface area contributed by atoms with E-state index >= 15 is 0 Å². The van der Waals surface area contributed by atoms with Crippen molar-refractivity contribution >= 4 is 47.3 Å². The number of anilines is 1. The molecule has 7 heteroatoms. The third kappa shape index (κ3) is 4.63. The first kappa shape index (κ1) is 20.8. The molecule has 24 heavy (non-hydrogen) atoms. The number of hydrogen-bond donors (Lipinski definition) is 3. The van der Waals surface area contributed by atoms with Crippen molar-refractivity contribution in [2.24, 2.45) is 5.92 Å². The van der Waals surface area contributed by atoms with Gasteiger partial charge in [-0.15, -0.1) is 24.8 Å². The summed E-state index contributed by atoms with van der Waals surface area (Å²) in [4.78, 5) is 12.2. The number of aromatic nitrogens is 1. The van der Waals surface area contributed by atoms with E-state index < -0.39 is 6.10 Å². The molecule has 2 unspecified atom stereocenters. The van der Waals surface area contributed by atoms with Crippen LogP contribution in [0.5, 0.6) is 0 Å². The van der Waals surface area contributed by atoms with Crippen molar-refractivity contribution in [2.45, 2.75) is 39.0 Å². The number of hydrogen-bond acceptors (Lipinski definition) is 3. The first-order valence-corrected chi connectivity index (χ1v) is 7.84. The zero-order chi connectivity index (χ0) is 15.7. The summed E-state index contributed by atoms with van der Waals surface area (Å²) in [7, 11) is 0. The Labute approximate surface area is 154 Å². The van der Waals surface area contributed by atoms with Crippen molar-refractivity contribution in [1.82, 2.24) is 9.88 Å². The highest BCUT2D eigenvalue weighted by atomic mass is 35.5. The molecule has 1 aromatic carbocycles. The number of rotatable bonds is 4. The third-order valence-electron chi connectivity index (χ3n) is 4.02. The zero-order valence-electron chi connectivity index (χ0n) is 13.9. The molecule has 0 bridgehead atoms. The number of nitrogens with one attached hydrogen (secondary N) is 2. The Balaban J connectivity index is 0.00000144. The maximum atomic E-state index is 12.2. The second-order valence-electron chi connectivity index (χ2n) is 6.48. The molecule has 3 N–H and O–H groups in total. The molecular formula is C17H25Cl2N3O2. The number of nitrogens with zero attached hydrogens (tertiary/aromatic N) is 1. The van der Waals surface area contributed by atoms with Crippen molar-refractivity contribution in [1.29, 1.82) is 0 Å². The van der Waals surface area contributed by atoms with Gasteiger partial charge in [-0.05, 0) is 36.6 Å². The maximum Gasteiger partial charge on any atom is 0.241 e. The van der Waals surface area contributed by atoms with Crippen LogP contribution in [0, 0.1) is 5.92 Å². The third-order valence-corrected chi connectivity index (χ3v) is 4.02. The Bertz CT molecular complexity index is 688. The molecule has 3 rings (SSSR count). The molecule has 1 amide bonds. The molecule has 0 saturated carbocycles. The fourth-order valence-corrected chi connectivity index (χ4v) is 2.98. The Morgan fingerprint density at radius 1 is 1.38 bits per heavy atom. The number of amides is 1. The number of carbonyl (C=O) groups is 1. The summed E-state index contributed by atoms with van der Waals surface area (Å²) in [5.74, 6) is 0.507. The highest BCUT2D eigenvalue weighted by Crippen LogP contribution is 2.22. The Morgan fingerprint density at radius 3 is 2.75 bits per heavy atom. The van der Waals surface area contributed by atoms with Crippen molar-refractivity contribution in [3.63, 3.8) is 0 Å². The van der Waals surface area contributed by atoms with Gasteiger partial charge in [0, 0.05) is 35.9 Å². The van der Waals surface area contributed by atoms with Crippen LogP contribution in [0.4, 0.5) is 5.69 Å². The molecule has 0 radical (unpaired) electrons. The van der Waals surface area contributed by atoms with Crippen LogP contribution in [0.2, 0.25) is 0 Å². The lowest BCUT2D eigenvalue weighted by molar-refractivity contribution is -0.117. The number of aliphatic hydroxyl groups is 1. The molecule has 0 spiro atoms. The lowest BCUT2D eigenvalue weighted by Gasteiger charge is -2.12. The van der Waals surface area contributed by atoms with Crippen LogP contribution in [-0.2, 0) is 11.3 Å². The van der Waals surface area contributed by atoms with Gasteiger partial charge in [0.1, 0.15) is 0 Å². The van der Waals surface area contributed by atoms with E-state index in [1.807, 2.05) is 18.2 Å². The van der Waals surface area contributed by atoms with Crippen molar-refractivity contribution in [3.8, 4) is 0 Å². The smallest absolute Gasteiger partial charge is 0.241 e. The second kappa shape index (κ2) is 8.72. The number of carbonyl (C=O) groups excluding carboxylic acids is 1. The van der Waals surface area contributed by atoms with Gasteiger partial charge in [-0.2, -0.15) is 0 Å².